The van der Waals surface area contributed by atoms with E-state index in [1.165, 1.54) is 11.9 Å². The van der Waals surface area contributed by atoms with Crippen molar-refractivity contribution in [2.45, 2.75) is 19.6 Å². The summed E-state index contributed by atoms with van der Waals surface area (Å²) >= 11 is 0. The molecule has 1 N–H and O–H groups in total. The number of hydrogen-bond acceptors (Lipinski definition) is 3. The lowest BCUT2D eigenvalue weighted by molar-refractivity contribution is -0.160. The maximum absolute atomic E-state index is 11.8. The Morgan fingerprint density at radius 3 is 2.36 bits per heavy atom. The van der Waals surface area contributed by atoms with Crippen LogP contribution in [0.2, 0.25) is 0 Å². The highest BCUT2D eigenvalue weighted by atomic mass is 19.4. The zero-order valence-electron chi connectivity index (χ0n) is 12.2. The van der Waals surface area contributed by atoms with Gasteiger partial charge in [-0.05, 0) is 12.5 Å². The van der Waals surface area contributed by atoms with Gasteiger partial charge in [0.25, 0.3) is 0 Å². The summed E-state index contributed by atoms with van der Waals surface area (Å²) in [5, 5.41) is 1.98. The lowest BCUT2D eigenvalue weighted by Gasteiger charge is -2.17. The fourth-order valence-corrected chi connectivity index (χ4v) is 1.54. The average molecular weight is 318 g/mol. The van der Waals surface area contributed by atoms with E-state index in [9.17, 15) is 22.8 Å². The molecule has 2 amide bonds. The van der Waals surface area contributed by atoms with E-state index in [1.807, 2.05) is 36.5 Å². The lowest BCUT2D eigenvalue weighted by atomic mass is 10.1. The summed E-state index contributed by atoms with van der Waals surface area (Å²) in [5.74, 6) is -0.440. The van der Waals surface area contributed by atoms with Gasteiger partial charge in [0.05, 0.1) is 0 Å². The molecule has 122 valence electrons. The Hall–Kier alpha value is -2.25. The number of aryl methyl sites for hydroxylation is 1. The van der Waals surface area contributed by atoms with Crippen molar-refractivity contribution in [3.05, 3.63) is 35.4 Å². The van der Waals surface area contributed by atoms with Gasteiger partial charge in [-0.2, -0.15) is 13.2 Å². The minimum atomic E-state index is -4.59. The summed E-state index contributed by atoms with van der Waals surface area (Å²) in [6.45, 7) is 0.152. The number of hydrogen-bond donors (Lipinski definition) is 1. The van der Waals surface area contributed by atoms with Crippen LogP contribution in [0.4, 0.5) is 18.0 Å². The van der Waals surface area contributed by atoms with Crippen molar-refractivity contribution in [3.8, 4) is 0 Å². The first kappa shape index (κ1) is 17.8. The molecular formula is C14H17F3N2O3. The number of ether oxygens (including phenoxy) is 1. The molecule has 22 heavy (non-hydrogen) atoms. The number of likely N-dealkylation sites (N-methyl/N-ethyl adjacent to an activating group) is 1. The van der Waals surface area contributed by atoms with Crippen molar-refractivity contribution in [2.24, 2.45) is 0 Å². The maximum atomic E-state index is 11.8. The van der Waals surface area contributed by atoms with Crippen molar-refractivity contribution in [1.29, 1.82) is 0 Å². The number of alkyl carbamates (subject to hydrolysis) is 1. The molecule has 0 aromatic heterocycles. The smallest absolute Gasteiger partial charge is 0.422 e. The zero-order valence-corrected chi connectivity index (χ0v) is 12.2. The number of benzene rings is 1. The van der Waals surface area contributed by atoms with Gasteiger partial charge >= 0.3 is 12.3 Å². The van der Waals surface area contributed by atoms with Gasteiger partial charge in [0.2, 0.25) is 5.91 Å². The van der Waals surface area contributed by atoms with Gasteiger partial charge in [0, 0.05) is 13.6 Å². The van der Waals surface area contributed by atoms with Crippen LogP contribution in [0.1, 0.15) is 11.1 Å². The van der Waals surface area contributed by atoms with E-state index in [4.69, 9.17) is 0 Å². The number of nitrogens with zero attached hydrogens (tertiary/aromatic N) is 1. The maximum Gasteiger partial charge on any atom is 0.422 e. The normalized spacial score (nSPS) is 11.0. The van der Waals surface area contributed by atoms with Gasteiger partial charge in [0.15, 0.2) is 6.61 Å². The monoisotopic (exact) mass is 318 g/mol. The van der Waals surface area contributed by atoms with E-state index in [-0.39, 0.29) is 0 Å². The highest BCUT2D eigenvalue weighted by molar-refractivity contribution is 5.82. The molecule has 0 atom stereocenters. The predicted molar refractivity (Wildman–Crippen MR) is 73.1 cm³/mol. The van der Waals surface area contributed by atoms with Gasteiger partial charge in [0.1, 0.15) is 6.54 Å². The number of carbonyl (C=O) groups is 2. The average Bonchev–Trinajstić information content (AvgIpc) is 2.44. The van der Waals surface area contributed by atoms with Crippen molar-refractivity contribution >= 4 is 12.0 Å². The standard InChI is InChI=1S/C14H17F3N2O3/c1-10-3-5-11(6-4-10)8-19(2)12(20)7-18-13(21)22-9-14(15,16)17/h3-6H,7-9H2,1-2H3,(H,18,21). The van der Waals surface area contributed by atoms with Crippen molar-refractivity contribution in [2.75, 3.05) is 20.2 Å². The Kier molecular flexibility index (Phi) is 6.21. The quantitative estimate of drug-likeness (QED) is 0.906. The molecule has 1 aromatic rings. The van der Waals surface area contributed by atoms with Crippen LogP contribution in [0, 0.1) is 6.92 Å². The fraction of sp³-hybridized carbons (Fsp3) is 0.429. The Morgan fingerprint density at radius 1 is 1.23 bits per heavy atom. The molecule has 8 heteroatoms. The first-order chi connectivity index (χ1) is 10.2. The van der Waals surface area contributed by atoms with Crippen LogP contribution in [0.5, 0.6) is 0 Å². The Morgan fingerprint density at radius 2 is 1.82 bits per heavy atom. The molecule has 0 saturated carbocycles. The van der Waals surface area contributed by atoms with Crippen LogP contribution in [0.15, 0.2) is 24.3 Å². The summed E-state index contributed by atoms with van der Waals surface area (Å²) < 4.78 is 39.4. The first-order valence-electron chi connectivity index (χ1n) is 6.44. The van der Waals surface area contributed by atoms with Gasteiger partial charge in [-0.3, -0.25) is 4.79 Å². The predicted octanol–water partition coefficient (Wildman–Crippen LogP) is 2.24. The molecule has 0 unspecified atom stereocenters. The summed E-state index contributed by atoms with van der Waals surface area (Å²) in [5.41, 5.74) is 1.99. The van der Waals surface area contributed by atoms with E-state index in [0.29, 0.717) is 6.54 Å². The number of halogens is 3. The van der Waals surface area contributed by atoms with Crippen LogP contribution >= 0.6 is 0 Å². The Balaban J connectivity index is 2.35. The van der Waals surface area contributed by atoms with E-state index in [1.54, 1.807) is 0 Å². The molecule has 0 aliphatic heterocycles. The van der Waals surface area contributed by atoms with Gasteiger partial charge in [-0.1, -0.05) is 29.8 Å². The van der Waals surface area contributed by atoms with Crippen LogP contribution in [-0.2, 0) is 16.1 Å². The molecule has 0 fully saturated rings. The van der Waals surface area contributed by atoms with Crippen LogP contribution in [0.3, 0.4) is 0 Å². The first-order valence-corrected chi connectivity index (χ1v) is 6.44. The SMILES string of the molecule is Cc1ccc(CN(C)C(=O)CNC(=O)OCC(F)(F)F)cc1. The van der Waals surface area contributed by atoms with Gasteiger partial charge in [-0.25, -0.2) is 4.79 Å². The zero-order chi connectivity index (χ0) is 16.8. The molecule has 0 radical (unpaired) electrons. The van der Waals surface area contributed by atoms with Crippen molar-refractivity contribution in [1.82, 2.24) is 10.2 Å². The van der Waals surface area contributed by atoms with Crippen molar-refractivity contribution in [3.63, 3.8) is 0 Å². The molecule has 0 heterocycles. The third-order valence-electron chi connectivity index (χ3n) is 2.72. The molecule has 0 aliphatic rings. The van der Waals surface area contributed by atoms with Crippen LogP contribution in [-0.4, -0.2) is 43.3 Å². The second-order valence-corrected chi connectivity index (χ2v) is 4.78. The third-order valence-corrected chi connectivity index (χ3v) is 2.72. The number of nitrogens with one attached hydrogen (secondary N) is 1. The minimum Gasteiger partial charge on any atom is -0.440 e. The second kappa shape index (κ2) is 7.67. The third kappa shape index (κ3) is 6.96. The largest absolute Gasteiger partial charge is 0.440 e. The van der Waals surface area contributed by atoms with E-state index in [2.05, 4.69) is 4.74 Å². The lowest BCUT2D eigenvalue weighted by Crippen LogP contribution is -2.38. The minimum absolute atomic E-state index is 0.332. The van der Waals surface area contributed by atoms with Crippen molar-refractivity contribution < 1.29 is 27.5 Å². The molecule has 0 saturated heterocycles. The van der Waals surface area contributed by atoms with E-state index in [0.717, 1.165) is 11.1 Å². The second-order valence-electron chi connectivity index (χ2n) is 4.78. The summed E-state index contributed by atoms with van der Waals surface area (Å²) in [7, 11) is 1.53. The molecule has 0 aliphatic carbocycles. The summed E-state index contributed by atoms with van der Waals surface area (Å²) in [4.78, 5) is 24.1. The van der Waals surface area contributed by atoms with Crippen LogP contribution in [0.25, 0.3) is 0 Å². The highest BCUT2D eigenvalue weighted by Gasteiger charge is 2.29. The highest BCUT2D eigenvalue weighted by Crippen LogP contribution is 2.14. The van der Waals surface area contributed by atoms with Crippen LogP contribution < -0.4 is 5.32 Å². The Labute approximate surface area is 126 Å². The molecular weight excluding hydrogens is 301 g/mol. The van der Waals surface area contributed by atoms with E-state index < -0.39 is 31.3 Å². The summed E-state index contributed by atoms with van der Waals surface area (Å²) in [6.07, 6.45) is -5.88. The topological polar surface area (TPSA) is 58.6 Å². The number of rotatable bonds is 5. The van der Waals surface area contributed by atoms with Gasteiger partial charge in [-0.15, -0.1) is 0 Å². The fourth-order valence-electron chi connectivity index (χ4n) is 1.54. The number of carbonyl (C=O) groups excluding carboxylic acids is 2. The molecule has 0 spiro atoms. The number of amides is 2. The summed E-state index contributed by atoms with van der Waals surface area (Å²) in [6, 6.07) is 7.54. The van der Waals surface area contributed by atoms with E-state index >= 15 is 0 Å². The molecule has 1 aromatic carbocycles. The van der Waals surface area contributed by atoms with Gasteiger partial charge < -0.3 is 15.0 Å². The molecule has 1 rings (SSSR count). The molecule has 0 bridgehead atoms. The Bertz CT molecular complexity index is 515. The number of alkyl halides is 3. The molecule has 5 nitrogen and oxygen atoms in total.